The van der Waals surface area contributed by atoms with E-state index in [9.17, 15) is 0 Å². The van der Waals surface area contributed by atoms with Crippen LogP contribution in [-0.4, -0.2) is 27.1 Å². The molecular formula is C14H13BrN2O4. The predicted octanol–water partition coefficient (Wildman–Crippen LogP) is 2.61. The van der Waals surface area contributed by atoms with E-state index >= 15 is 0 Å². The summed E-state index contributed by atoms with van der Waals surface area (Å²) in [5, 5.41) is 18.1. The molecule has 110 valence electrons. The van der Waals surface area contributed by atoms with Crippen molar-refractivity contribution in [1.82, 2.24) is 4.98 Å². The van der Waals surface area contributed by atoms with E-state index in [1.54, 1.807) is 6.20 Å². The van der Waals surface area contributed by atoms with Crippen LogP contribution in [-0.2, 0) is 16.1 Å². The van der Waals surface area contributed by atoms with E-state index in [4.69, 9.17) is 19.8 Å². The molecule has 0 spiro atoms. The number of nitrogens with one attached hydrogen (secondary N) is 1. The number of benzene rings is 1. The van der Waals surface area contributed by atoms with Crippen LogP contribution in [0, 0.1) is 0 Å². The highest BCUT2D eigenvalue weighted by Gasteiger charge is 2.04. The van der Waals surface area contributed by atoms with Gasteiger partial charge >= 0.3 is 11.9 Å². The molecule has 1 aromatic carbocycles. The second-order valence-corrected chi connectivity index (χ2v) is 4.71. The lowest BCUT2D eigenvalue weighted by molar-refractivity contribution is -0.159. The molecular weight excluding hydrogens is 340 g/mol. The van der Waals surface area contributed by atoms with Crippen LogP contribution in [0.1, 0.15) is 5.69 Å². The van der Waals surface area contributed by atoms with Gasteiger partial charge in [-0.1, -0.05) is 22.0 Å². The summed E-state index contributed by atoms with van der Waals surface area (Å²) in [4.78, 5) is 22.4. The lowest BCUT2D eigenvalue weighted by Crippen LogP contribution is -2.09. The van der Waals surface area contributed by atoms with Crippen molar-refractivity contribution in [3.05, 3.63) is 58.8 Å². The number of carboxylic acids is 2. The fraction of sp³-hybridized carbons (Fsp3) is 0.0714. The van der Waals surface area contributed by atoms with Crippen LogP contribution < -0.4 is 5.32 Å². The first kappa shape index (κ1) is 16.6. The lowest BCUT2D eigenvalue weighted by atomic mass is 10.3. The summed E-state index contributed by atoms with van der Waals surface area (Å²) in [5.74, 6) is -3.65. The van der Waals surface area contributed by atoms with Crippen LogP contribution >= 0.6 is 15.9 Å². The fourth-order valence-electron chi connectivity index (χ4n) is 1.26. The molecule has 21 heavy (non-hydrogen) atoms. The molecule has 2 rings (SSSR count). The van der Waals surface area contributed by atoms with Gasteiger partial charge in [-0.25, -0.2) is 9.59 Å². The average Bonchev–Trinajstić information content (AvgIpc) is 2.48. The maximum absolute atomic E-state index is 9.10. The number of hydrogen-bond donors (Lipinski definition) is 3. The van der Waals surface area contributed by atoms with Crippen LogP contribution in [0.3, 0.4) is 0 Å². The van der Waals surface area contributed by atoms with E-state index in [0.29, 0.717) is 0 Å². The zero-order valence-corrected chi connectivity index (χ0v) is 12.4. The molecule has 2 aromatic rings. The van der Waals surface area contributed by atoms with Gasteiger partial charge in [0.15, 0.2) is 0 Å². The molecule has 1 aromatic heterocycles. The second-order valence-electron chi connectivity index (χ2n) is 3.79. The number of anilines is 1. The number of rotatable bonds is 3. The third-order valence-corrected chi connectivity index (χ3v) is 2.76. The van der Waals surface area contributed by atoms with Gasteiger partial charge in [-0.3, -0.25) is 4.98 Å². The highest BCUT2D eigenvalue weighted by molar-refractivity contribution is 9.10. The normalized spacial score (nSPS) is 9.19. The third kappa shape index (κ3) is 7.07. The summed E-state index contributed by atoms with van der Waals surface area (Å²) in [5.41, 5.74) is 2.14. The van der Waals surface area contributed by atoms with E-state index in [2.05, 4.69) is 26.2 Å². The molecule has 3 N–H and O–H groups in total. The first-order valence-electron chi connectivity index (χ1n) is 5.84. The lowest BCUT2D eigenvalue weighted by Gasteiger charge is -2.05. The van der Waals surface area contributed by atoms with Gasteiger partial charge in [0.25, 0.3) is 0 Å². The van der Waals surface area contributed by atoms with Gasteiger partial charge in [-0.05, 0) is 36.4 Å². The molecule has 1 heterocycles. The number of halogens is 1. The third-order valence-electron chi connectivity index (χ3n) is 2.23. The van der Waals surface area contributed by atoms with Crippen molar-refractivity contribution in [3.8, 4) is 0 Å². The van der Waals surface area contributed by atoms with Gasteiger partial charge < -0.3 is 15.5 Å². The Bertz CT molecular complexity index is 576. The summed E-state index contributed by atoms with van der Waals surface area (Å²) in [6.07, 6.45) is 1.80. The molecule has 0 saturated heterocycles. The molecule has 0 aliphatic carbocycles. The molecule has 0 radical (unpaired) electrons. The monoisotopic (exact) mass is 352 g/mol. The van der Waals surface area contributed by atoms with Crippen molar-refractivity contribution < 1.29 is 19.8 Å². The van der Waals surface area contributed by atoms with Crippen LogP contribution in [0.15, 0.2) is 53.1 Å². The van der Waals surface area contributed by atoms with E-state index in [-0.39, 0.29) is 0 Å². The van der Waals surface area contributed by atoms with Gasteiger partial charge in [-0.2, -0.15) is 0 Å². The molecule has 0 unspecified atom stereocenters. The maximum Gasteiger partial charge on any atom is 0.414 e. The number of nitrogens with zero attached hydrogens (tertiary/aromatic N) is 1. The molecule has 0 fully saturated rings. The molecule has 0 aliphatic heterocycles. The Morgan fingerprint density at radius 3 is 2.14 bits per heavy atom. The minimum atomic E-state index is -1.82. The summed E-state index contributed by atoms with van der Waals surface area (Å²) >= 11 is 3.40. The maximum atomic E-state index is 9.10. The summed E-state index contributed by atoms with van der Waals surface area (Å²) < 4.78 is 1.09. The van der Waals surface area contributed by atoms with Gasteiger partial charge in [0.2, 0.25) is 0 Å². The Hall–Kier alpha value is -2.41. The fourth-order valence-corrected chi connectivity index (χ4v) is 1.53. The van der Waals surface area contributed by atoms with Crippen molar-refractivity contribution in [1.29, 1.82) is 0 Å². The van der Waals surface area contributed by atoms with Crippen molar-refractivity contribution >= 4 is 33.6 Å². The first-order chi connectivity index (χ1) is 9.99. The number of hydrogen-bond acceptors (Lipinski definition) is 4. The van der Waals surface area contributed by atoms with E-state index in [1.807, 2.05) is 42.5 Å². The quantitative estimate of drug-likeness (QED) is 0.734. The predicted molar refractivity (Wildman–Crippen MR) is 81.0 cm³/mol. The topological polar surface area (TPSA) is 99.5 Å². The Morgan fingerprint density at radius 1 is 1.05 bits per heavy atom. The number of carboxylic acid groups (broad SMARTS) is 2. The van der Waals surface area contributed by atoms with Gasteiger partial charge in [0.1, 0.15) is 0 Å². The zero-order valence-electron chi connectivity index (χ0n) is 10.9. The Balaban J connectivity index is 0.000000315. The Kier molecular flexibility index (Phi) is 6.90. The Morgan fingerprint density at radius 2 is 1.67 bits per heavy atom. The molecule has 7 heteroatoms. The number of carbonyl (C=O) groups is 2. The summed E-state index contributed by atoms with van der Waals surface area (Å²) in [6, 6.07) is 14.0. The van der Waals surface area contributed by atoms with E-state index < -0.39 is 11.9 Å². The Labute approximate surface area is 129 Å². The smallest absolute Gasteiger partial charge is 0.414 e. The first-order valence-corrected chi connectivity index (χ1v) is 6.64. The average molecular weight is 353 g/mol. The highest BCUT2D eigenvalue weighted by Crippen LogP contribution is 2.14. The largest absolute Gasteiger partial charge is 0.473 e. The standard InChI is InChI=1S/C12H11BrN2.C2H2O4/c13-10-4-6-11(7-5-10)15-9-12-3-1-2-8-14-12;3-1(4)2(5)6/h1-8,15H,9H2;(H,3,4)(H,5,6). The van der Waals surface area contributed by atoms with Gasteiger partial charge in [-0.15, -0.1) is 0 Å². The number of pyridine rings is 1. The minimum absolute atomic E-state index is 0.752. The summed E-state index contributed by atoms with van der Waals surface area (Å²) in [6.45, 7) is 0.752. The number of aromatic nitrogens is 1. The van der Waals surface area contributed by atoms with Crippen LogP contribution in [0.4, 0.5) is 5.69 Å². The van der Waals surface area contributed by atoms with Gasteiger partial charge in [0.05, 0.1) is 12.2 Å². The molecule has 0 aliphatic rings. The van der Waals surface area contributed by atoms with Crippen LogP contribution in [0.5, 0.6) is 0 Å². The minimum Gasteiger partial charge on any atom is -0.473 e. The molecule has 0 amide bonds. The molecule has 0 saturated carbocycles. The van der Waals surface area contributed by atoms with E-state index in [1.165, 1.54) is 0 Å². The van der Waals surface area contributed by atoms with E-state index in [0.717, 1.165) is 22.4 Å². The van der Waals surface area contributed by atoms with Crippen molar-refractivity contribution in [2.75, 3.05) is 5.32 Å². The second kappa shape index (κ2) is 8.70. The number of aliphatic carboxylic acids is 2. The van der Waals surface area contributed by atoms with Crippen molar-refractivity contribution in [2.45, 2.75) is 6.54 Å². The molecule has 0 bridgehead atoms. The SMILES string of the molecule is Brc1ccc(NCc2ccccn2)cc1.O=C(O)C(=O)O. The van der Waals surface area contributed by atoms with Crippen LogP contribution in [0.25, 0.3) is 0 Å². The van der Waals surface area contributed by atoms with Gasteiger partial charge in [0, 0.05) is 16.4 Å². The highest BCUT2D eigenvalue weighted by atomic mass is 79.9. The molecule has 6 nitrogen and oxygen atoms in total. The summed E-state index contributed by atoms with van der Waals surface area (Å²) in [7, 11) is 0. The zero-order chi connectivity index (χ0) is 15.7. The van der Waals surface area contributed by atoms with Crippen LogP contribution in [0.2, 0.25) is 0 Å². The molecule has 0 atom stereocenters. The van der Waals surface area contributed by atoms with Crippen molar-refractivity contribution in [3.63, 3.8) is 0 Å². The van der Waals surface area contributed by atoms with Crippen molar-refractivity contribution in [2.24, 2.45) is 0 Å².